The Balaban J connectivity index is 1.86. The van der Waals surface area contributed by atoms with E-state index >= 15 is 0 Å². The summed E-state index contributed by atoms with van der Waals surface area (Å²) >= 11 is 0. The van der Waals surface area contributed by atoms with Gasteiger partial charge in [-0.3, -0.25) is 10.2 Å². The molecule has 1 amide bonds. The molecular weight excluding hydrogens is 256 g/mol. The monoisotopic (exact) mass is 272 g/mol. The zero-order chi connectivity index (χ0) is 14.2. The minimum atomic E-state index is -0.494. The van der Waals surface area contributed by atoms with Gasteiger partial charge in [0.05, 0.1) is 11.8 Å². The molecule has 0 radical (unpaired) electrons. The van der Waals surface area contributed by atoms with Gasteiger partial charge in [-0.15, -0.1) is 0 Å². The predicted molar refractivity (Wildman–Crippen MR) is 75.1 cm³/mol. The number of hydrogen-bond donors (Lipinski definition) is 2. The number of nitriles is 1. The summed E-state index contributed by atoms with van der Waals surface area (Å²) in [7, 11) is 0. The first-order valence-corrected chi connectivity index (χ1v) is 6.48. The lowest BCUT2D eigenvalue weighted by atomic mass is 10.2. The minimum absolute atomic E-state index is 0.0426. The van der Waals surface area contributed by atoms with Gasteiger partial charge in [-0.25, -0.2) is 0 Å². The third-order valence-corrected chi connectivity index (χ3v) is 2.91. The fourth-order valence-corrected chi connectivity index (χ4v) is 1.86. The number of rotatable bonds is 5. The van der Waals surface area contributed by atoms with E-state index in [9.17, 15) is 4.79 Å². The van der Waals surface area contributed by atoms with Crippen LogP contribution in [0, 0.1) is 11.3 Å². The van der Waals surface area contributed by atoms with E-state index in [-0.39, 0.29) is 11.8 Å². The molecule has 1 saturated heterocycles. The van der Waals surface area contributed by atoms with Crippen LogP contribution in [0.1, 0.15) is 12.8 Å². The van der Waals surface area contributed by atoms with Crippen molar-refractivity contribution < 1.29 is 9.53 Å². The Kier molecular flexibility index (Phi) is 5.09. The van der Waals surface area contributed by atoms with Crippen molar-refractivity contribution in [2.24, 2.45) is 5.10 Å². The molecule has 1 aliphatic heterocycles. The van der Waals surface area contributed by atoms with Crippen LogP contribution in [0.15, 0.2) is 35.4 Å². The van der Waals surface area contributed by atoms with Gasteiger partial charge in [0.15, 0.2) is 0 Å². The van der Waals surface area contributed by atoms with Crippen LogP contribution in [0.2, 0.25) is 0 Å². The molecule has 1 atom stereocenters. The Morgan fingerprint density at radius 1 is 1.45 bits per heavy atom. The summed E-state index contributed by atoms with van der Waals surface area (Å²) in [6, 6.07) is 10.9. The fourth-order valence-electron chi connectivity index (χ4n) is 1.86. The van der Waals surface area contributed by atoms with Crippen molar-refractivity contribution in [2.45, 2.75) is 18.9 Å². The minimum Gasteiger partial charge on any atom is -0.376 e. The van der Waals surface area contributed by atoms with Crippen LogP contribution in [-0.4, -0.2) is 30.9 Å². The summed E-state index contributed by atoms with van der Waals surface area (Å²) in [6.07, 6.45) is 1.98. The second-order valence-electron chi connectivity index (χ2n) is 4.40. The molecule has 1 aromatic carbocycles. The maximum Gasteiger partial charge on any atom is 0.282 e. The number of para-hydroxylation sites is 1. The van der Waals surface area contributed by atoms with Gasteiger partial charge in [0.1, 0.15) is 6.07 Å². The number of carbonyl (C=O) groups is 1. The molecule has 0 aromatic heterocycles. The van der Waals surface area contributed by atoms with Gasteiger partial charge in [-0.1, -0.05) is 18.2 Å². The maximum atomic E-state index is 11.8. The molecule has 0 aliphatic carbocycles. The molecule has 1 fully saturated rings. The van der Waals surface area contributed by atoms with Crippen LogP contribution < -0.4 is 10.7 Å². The maximum absolute atomic E-state index is 11.8. The Hall–Kier alpha value is -2.39. The first kappa shape index (κ1) is 14.0. The quantitative estimate of drug-likeness (QED) is 0.624. The number of hydrogen-bond acceptors (Lipinski definition) is 5. The summed E-state index contributed by atoms with van der Waals surface area (Å²) in [5.41, 5.74) is 3.19. The lowest BCUT2D eigenvalue weighted by Crippen LogP contribution is -2.36. The molecule has 2 N–H and O–H groups in total. The molecule has 6 heteroatoms. The number of nitrogens with zero attached hydrogens (tertiary/aromatic N) is 2. The molecule has 1 aromatic rings. The van der Waals surface area contributed by atoms with Crippen molar-refractivity contribution in [1.29, 1.82) is 5.26 Å². The van der Waals surface area contributed by atoms with Gasteiger partial charge in [-0.05, 0) is 25.0 Å². The summed E-state index contributed by atoms with van der Waals surface area (Å²) in [5.74, 6) is -0.494. The summed E-state index contributed by atoms with van der Waals surface area (Å²) < 4.78 is 5.39. The molecular formula is C14H16N4O2. The Bertz CT molecular complexity index is 516. The molecule has 6 nitrogen and oxygen atoms in total. The van der Waals surface area contributed by atoms with Crippen LogP contribution >= 0.6 is 0 Å². The van der Waals surface area contributed by atoms with Crippen molar-refractivity contribution in [3.8, 4) is 6.07 Å². The molecule has 1 heterocycles. The van der Waals surface area contributed by atoms with Crippen LogP contribution in [0.5, 0.6) is 0 Å². The molecule has 0 unspecified atom stereocenters. The largest absolute Gasteiger partial charge is 0.376 e. The highest BCUT2D eigenvalue weighted by molar-refractivity contribution is 6.45. The van der Waals surface area contributed by atoms with Crippen LogP contribution in [0.3, 0.4) is 0 Å². The molecule has 2 rings (SSSR count). The highest BCUT2D eigenvalue weighted by atomic mass is 16.5. The van der Waals surface area contributed by atoms with E-state index in [0.29, 0.717) is 12.2 Å². The average Bonchev–Trinajstić information content (AvgIpc) is 3.00. The van der Waals surface area contributed by atoms with Crippen molar-refractivity contribution in [1.82, 2.24) is 5.32 Å². The van der Waals surface area contributed by atoms with Gasteiger partial charge in [-0.2, -0.15) is 10.4 Å². The summed E-state index contributed by atoms with van der Waals surface area (Å²) in [5, 5.41) is 15.4. The van der Waals surface area contributed by atoms with Crippen LogP contribution in [0.4, 0.5) is 5.69 Å². The van der Waals surface area contributed by atoms with Crippen molar-refractivity contribution in [3.63, 3.8) is 0 Å². The predicted octanol–water partition coefficient (Wildman–Crippen LogP) is 1.27. The van der Waals surface area contributed by atoms with Crippen LogP contribution in [-0.2, 0) is 9.53 Å². The number of anilines is 1. The molecule has 1 aliphatic rings. The molecule has 0 spiro atoms. The second kappa shape index (κ2) is 7.26. The van der Waals surface area contributed by atoms with Crippen molar-refractivity contribution >= 4 is 17.3 Å². The first-order chi connectivity index (χ1) is 9.79. The normalized spacial score (nSPS) is 18.4. The van der Waals surface area contributed by atoms with E-state index in [4.69, 9.17) is 10.00 Å². The first-order valence-electron chi connectivity index (χ1n) is 6.48. The van der Waals surface area contributed by atoms with E-state index in [1.807, 2.05) is 18.2 Å². The smallest absolute Gasteiger partial charge is 0.282 e. The topological polar surface area (TPSA) is 86.5 Å². The standard InChI is InChI=1S/C14H16N4O2/c15-9-13(18-17-11-5-2-1-3-6-11)14(19)16-10-12-7-4-8-20-12/h1-3,5-6,12,17H,4,7-8,10H2,(H,16,19)/b18-13-/t12-/m0/s1. The second-order valence-corrected chi connectivity index (χ2v) is 4.40. The number of amides is 1. The molecule has 20 heavy (non-hydrogen) atoms. The zero-order valence-corrected chi connectivity index (χ0v) is 11.0. The summed E-state index contributed by atoms with van der Waals surface area (Å²) in [6.45, 7) is 1.14. The fraction of sp³-hybridized carbons (Fsp3) is 0.357. The average molecular weight is 272 g/mol. The van der Waals surface area contributed by atoms with E-state index in [2.05, 4.69) is 15.8 Å². The van der Waals surface area contributed by atoms with Crippen molar-refractivity contribution in [3.05, 3.63) is 30.3 Å². The number of benzene rings is 1. The van der Waals surface area contributed by atoms with E-state index in [0.717, 1.165) is 19.4 Å². The summed E-state index contributed by atoms with van der Waals surface area (Å²) in [4.78, 5) is 11.8. The third kappa shape index (κ3) is 4.07. The lowest BCUT2D eigenvalue weighted by Gasteiger charge is -2.09. The number of hydrazone groups is 1. The van der Waals surface area contributed by atoms with Gasteiger partial charge >= 0.3 is 0 Å². The highest BCUT2D eigenvalue weighted by Gasteiger charge is 2.18. The van der Waals surface area contributed by atoms with E-state index in [1.54, 1.807) is 18.2 Å². The van der Waals surface area contributed by atoms with E-state index in [1.165, 1.54) is 0 Å². The van der Waals surface area contributed by atoms with Gasteiger partial charge < -0.3 is 10.1 Å². The molecule has 104 valence electrons. The Morgan fingerprint density at radius 2 is 2.25 bits per heavy atom. The Morgan fingerprint density at radius 3 is 2.90 bits per heavy atom. The highest BCUT2D eigenvalue weighted by Crippen LogP contribution is 2.10. The lowest BCUT2D eigenvalue weighted by molar-refractivity contribution is -0.115. The zero-order valence-electron chi connectivity index (χ0n) is 11.0. The van der Waals surface area contributed by atoms with E-state index < -0.39 is 5.91 Å². The van der Waals surface area contributed by atoms with Gasteiger partial charge in [0, 0.05) is 13.2 Å². The molecule has 0 saturated carbocycles. The van der Waals surface area contributed by atoms with Gasteiger partial charge in [0.25, 0.3) is 5.91 Å². The Labute approximate surface area is 117 Å². The number of carbonyl (C=O) groups excluding carboxylic acids is 1. The number of nitrogens with one attached hydrogen (secondary N) is 2. The molecule has 0 bridgehead atoms. The number of ether oxygens (including phenoxy) is 1. The van der Waals surface area contributed by atoms with Crippen LogP contribution in [0.25, 0.3) is 0 Å². The third-order valence-electron chi connectivity index (χ3n) is 2.91. The SMILES string of the molecule is N#C/C(=N/Nc1ccccc1)C(=O)NC[C@@H]1CCCO1. The van der Waals surface area contributed by atoms with Gasteiger partial charge in [0.2, 0.25) is 5.71 Å². The van der Waals surface area contributed by atoms with Crippen molar-refractivity contribution in [2.75, 3.05) is 18.6 Å².